The van der Waals surface area contributed by atoms with Gasteiger partial charge in [-0.25, -0.2) is 8.42 Å². The first-order valence-electron chi connectivity index (χ1n) is 7.52. The number of carbonyl (C=O) groups excluding carboxylic acids is 1. The van der Waals surface area contributed by atoms with Crippen LogP contribution in [0.3, 0.4) is 0 Å². The zero-order valence-electron chi connectivity index (χ0n) is 13.4. The van der Waals surface area contributed by atoms with E-state index in [0.717, 1.165) is 22.5 Å². The molecule has 0 aromatic heterocycles. The van der Waals surface area contributed by atoms with Crippen molar-refractivity contribution in [3.05, 3.63) is 65.7 Å². The number of sulfonamides is 1. The van der Waals surface area contributed by atoms with Gasteiger partial charge in [0.1, 0.15) is 0 Å². The Bertz CT molecular complexity index is 867. The van der Waals surface area contributed by atoms with Gasteiger partial charge in [-0.15, -0.1) is 0 Å². The topological polar surface area (TPSA) is 77.5 Å². The molecule has 2 rings (SSSR count). The minimum absolute atomic E-state index is 0.174. The maximum atomic E-state index is 12.9. The molecule has 0 spiro atoms. The molecule has 0 saturated carbocycles. The molecular formula is C17H15F3NO4S-. The summed E-state index contributed by atoms with van der Waals surface area (Å²) in [6.45, 7) is -0.595. The summed E-state index contributed by atoms with van der Waals surface area (Å²) >= 11 is 0. The number of benzene rings is 2. The van der Waals surface area contributed by atoms with E-state index in [-0.39, 0.29) is 6.54 Å². The largest absolute Gasteiger partial charge is 0.550 e. The van der Waals surface area contributed by atoms with Crippen molar-refractivity contribution in [2.45, 2.75) is 24.0 Å². The highest BCUT2D eigenvalue weighted by molar-refractivity contribution is 7.89. The van der Waals surface area contributed by atoms with Crippen LogP contribution in [0.5, 0.6) is 0 Å². The summed E-state index contributed by atoms with van der Waals surface area (Å²) in [5.74, 6) is -1.46. The summed E-state index contributed by atoms with van der Waals surface area (Å²) in [7, 11) is -4.34. The van der Waals surface area contributed by atoms with Crippen molar-refractivity contribution in [1.29, 1.82) is 0 Å². The molecule has 0 aliphatic carbocycles. The number of carboxylic acid groups (broad SMARTS) is 1. The number of carbonyl (C=O) groups is 1. The lowest BCUT2D eigenvalue weighted by atomic mass is 10.2. The number of hydrogen-bond donors (Lipinski definition) is 0. The highest BCUT2D eigenvalue weighted by atomic mass is 32.2. The quantitative estimate of drug-likeness (QED) is 0.730. The average molecular weight is 386 g/mol. The molecule has 5 nitrogen and oxygen atoms in total. The highest BCUT2D eigenvalue weighted by Gasteiger charge is 2.33. The number of halogens is 3. The van der Waals surface area contributed by atoms with Crippen LogP contribution in [0.4, 0.5) is 13.2 Å². The molecule has 0 aliphatic rings. The lowest BCUT2D eigenvalue weighted by Crippen LogP contribution is -2.35. The standard InChI is InChI=1S/C17H16F3NO4S/c18-17(19,20)14-7-4-8-15(11-14)26(24,25)21(10-9-16(22)23)12-13-5-2-1-3-6-13/h1-8,11H,9-10,12H2,(H,22,23)/p-1. The van der Waals surface area contributed by atoms with E-state index in [1.165, 1.54) is 0 Å². The smallest absolute Gasteiger partial charge is 0.416 e. The van der Waals surface area contributed by atoms with E-state index in [9.17, 15) is 31.5 Å². The monoisotopic (exact) mass is 386 g/mol. The Labute approximate surface area is 148 Å². The van der Waals surface area contributed by atoms with Crippen LogP contribution in [0.15, 0.2) is 59.5 Å². The number of aliphatic carboxylic acids is 1. The molecule has 0 amide bonds. The second kappa shape index (κ2) is 7.88. The Hall–Kier alpha value is -2.39. The lowest BCUT2D eigenvalue weighted by Gasteiger charge is -2.23. The molecule has 0 N–H and O–H groups in total. The van der Waals surface area contributed by atoms with Crippen molar-refractivity contribution in [1.82, 2.24) is 4.31 Å². The van der Waals surface area contributed by atoms with Crippen molar-refractivity contribution < 1.29 is 31.5 Å². The van der Waals surface area contributed by atoms with E-state index in [1.54, 1.807) is 30.3 Å². The Morgan fingerprint density at radius 1 is 1.04 bits per heavy atom. The second-order valence-electron chi connectivity index (χ2n) is 5.47. The fourth-order valence-corrected chi connectivity index (χ4v) is 3.74. The molecule has 0 saturated heterocycles. The van der Waals surface area contributed by atoms with Gasteiger partial charge >= 0.3 is 6.18 Å². The summed E-state index contributed by atoms with van der Waals surface area (Å²) in [6, 6.07) is 11.7. The first-order valence-corrected chi connectivity index (χ1v) is 8.96. The third-order valence-corrected chi connectivity index (χ3v) is 5.41. The van der Waals surface area contributed by atoms with Crippen LogP contribution >= 0.6 is 0 Å². The van der Waals surface area contributed by atoms with E-state index >= 15 is 0 Å². The first-order chi connectivity index (χ1) is 12.1. The molecular weight excluding hydrogens is 371 g/mol. The summed E-state index contributed by atoms with van der Waals surface area (Å²) < 4.78 is 65.0. The third-order valence-electron chi connectivity index (χ3n) is 3.57. The van der Waals surface area contributed by atoms with Crippen LogP contribution in [0.25, 0.3) is 0 Å². The van der Waals surface area contributed by atoms with Gasteiger partial charge in [0.2, 0.25) is 10.0 Å². The van der Waals surface area contributed by atoms with Crippen LogP contribution in [0.1, 0.15) is 17.5 Å². The normalized spacial score (nSPS) is 12.3. The predicted molar refractivity (Wildman–Crippen MR) is 85.1 cm³/mol. The van der Waals surface area contributed by atoms with Crippen LogP contribution in [0.2, 0.25) is 0 Å². The Morgan fingerprint density at radius 2 is 1.69 bits per heavy atom. The first kappa shape index (κ1) is 19.9. The van der Waals surface area contributed by atoms with Crippen LogP contribution in [-0.4, -0.2) is 25.2 Å². The molecule has 2 aromatic carbocycles. The summed E-state index contributed by atoms with van der Waals surface area (Å²) in [5.41, 5.74) is -0.528. The Kier molecular flexibility index (Phi) is 6.04. The lowest BCUT2D eigenvalue weighted by molar-refractivity contribution is -0.305. The van der Waals surface area contributed by atoms with Crippen LogP contribution < -0.4 is 5.11 Å². The molecule has 0 atom stereocenters. The van der Waals surface area contributed by atoms with Gasteiger partial charge < -0.3 is 9.90 Å². The number of carboxylic acids is 1. The molecule has 0 radical (unpaired) electrons. The SMILES string of the molecule is O=C([O-])CCN(Cc1ccccc1)S(=O)(=O)c1cccc(C(F)(F)F)c1. The number of rotatable bonds is 7. The maximum Gasteiger partial charge on any atom is 0.416 e. The van der Waals surface area contributed by atoms with E-state index < -0.39 is 45.6 Å². The minimum Gasteiger partial charge on any atom is -0.550 e. The van der Waals surface area contributed by atoms with Gasteiger partial charge in [0.05, 0.1) is 10.5 Å². The number of alkyl halides is 3. The summed E-state index contributed by atoms with van der Waals surface area (Å²) in [4.78, 5) is 10.2. The van der Waals surface area contributed by atoms with Gasteiger partial charge in [-0.05, 0) is 23.8 Å². The number of nitrogens with zero attached hydrogens (tertiary/aromatic N) is 1. The molecule has 2 aromatic rings. The van der Waals surface area contributed by atoms with E-state index in [4.69, 9.17) is 0 Å². The summed E-state index contributed by atoms with van der Waals surface area (Å²) in [6.07, 6.45) is -5.27. The van der Waals surface area contributed by atoms with Gasteiger partial charge in [0.15, 0.2) is 0 Å². The van der Waals surface area contributed by atoms with Crippen LogP contribution in [-0.2, 0) is 27.5 Å². The molecule has 0 bridgehead atoms. The molecule has 0 aliphatic heterocycles. The summed E-state index contributed by atoms with van der Waals surface area (Å²) in [5, 5.41) is 10.7. The third kappa shape index (κ3) is 5.06. The van der Waals surface area contributed by atoms with Crippen LogP contribution in [0, 0.1) is 0 Å². The molecule has 0 unspecified atom stereocenters. The zero-order chi connectivity index (χ0) is 19.4. The van der Waals surface area contributed by atoms with Gasteiger partial charge in [-0.2, -0.15) is 17.5 Å². The molecule has 26 heavy (non-hydrogen) atoms. The van der Waals surface area contributed by atoms with Crippen molar-refractivity contribution in [2.75, 3.05) is 6.54 Å². The fourth-order valence-electron chi connectivity index (χ4n) is 2.27. The van der Waals surface area contributed by atoms with E-state index in [0.29, 0.717) is 11.6 Å². The zero-order valence-corrected chi connectivity index (χ0v) is 14.3. The maximum absolute atomic E-state index is 12.9. The van der Waals surface area contributed by atoms with Crippen molar-refractivity contribution in [3.8, 4) is 0 Å². The van der Waals surface area contributed by atoms with Crippen molar-refractivity contribution in [2.24, 2.45) is 0 Å². The Balaban J connectivity index is 2.39. The minimum atomic E-state index is -4.69. The van der Waals surface area contributed by atoms with E-state index in [1.807, 2.05) is 0 Å². The molecule has 9 heteroatoms. The highest BCUT2D eigenvalue weighted by Crippen LogP contribution is 2.31. The average Bonchev–Trinajstić information content (AvgIpc) is 2.58. The number of hydrogen-bond acceptors (Lipinski definition) is 4. The van der Waals surface area contributed by atoms with Crippen molar-refractivity contribution >= 4 is 16.0 Å². The van der Waals surface area contributed by atoms with Gasteiger partial charge in [0.25, 0.3) is 0 Å². The molecule has 140 valence electrons. The van der Waals surface area contributed by atoms with E-state index in [2.05, 4.69) is 0 Å². The predicted octanol–water partition coefficient (Wildman–Crippen LogP) is 2.04. The Morgan fingerprint density at radius 3 is 2.27 bits per heavy atom. The van der Waals surface area contributed by atoms with Gasteiger partial charge in [0, 0.05) is 25.5 Å². The van der Waals surface area contributed by atoms with Gasteiger partial charge in [-0.3, -0.25) is 0 Å². The molecule has 0 heterocycles. The van der Waals surface area contributed by atoms with Crippen molar-refractivity contribution in [3.63, 3.8) is 0 Å². The second-order valence-corrected chi connectivity index (χ2v) is 7.41. The fraction of sp³-hybridized carbons (Fsp3) is 0.235. The molecule has 0 fully saturated rings. The van der Waals surface area contributed by atoms with Gasteiger partial charge in [-0.1, -0.05) is 36.4 Å².